The molecule has 0 saturated carbocycles. The lowest BCUT2D eigenvalue weighted by molar-refractivity contribution is -0.0979. The van der Waals surface area contributed by atoms with E-state index < -0.39 is 39.1 Å². The molecule has 0 fully saturated rings. The van der Waals surface area contributed by atoms with Gasteiger partial charge in [0, 0.05) is 6.42 Å². The van der Waals surface area contributed by atoms with E-state index in [4.69, 9.17) is 19.9 Å². The van der Waals surface area contributed by atoms with Crippen molar-refractivity contribution in [1.29, 1.82) is 0 Å². The second-order valence-electron chi connectivity index (χ2n) is 11.3. The molecule has 0 aliphatic rings. The highest BCUT2D eigenvalue weighted by Gasteiger charge is 2.44. The minimum absolute atomic E-state index is 0.102. The zero-order chi connectivity index (χ0) is 31.8. The normalized spacial score (nSPS) is 13.8. The average Bonchev–Trinajstić information content (AvgIpc) is 2.94. The van der Waals surface area contributed by atoms with Gasteiger partial charge < -0.3 is 25.1 Å². The molecule has 0 aliphatic heterocycles. The highest BCUT2D eigenvalue weighted by atomic mass is 32.2. The monoisotopic (exact) mass is 612 g/mol. The number of aliphatic hydroxyl groups is 1. The quantitative estimate of drug-likeness (QED) is 0.244. The Kier molecular flexibility index (Phi) is 10.8. The van der Waals surface area contributed by atoms with Gasteiger partial charge in [0.1, 0.15) is 24.2 Å². The van der Waals surface area contributed by atoms with Crippen molar-refractivity contribution >= 4 is 22.0 Å². The van der Waals surface area contributed by atoms with Gasteiger partial charge in [-0.05, 0) is 52.8 Å². The summed E-state index contributed by atoms with van der Waals surface area (Å²) in [5, 5.41) is 11.9. The van der Waals surface area contributed by atoms with Gasteiger partial charge in [0.2, 0.25) is 10.0 Å². The fourth-order valence-corrected chi connectivity index (χ4v) is 5.02. The minimum Gasteiger partial charge on any atom is -0.493 e. The van der Waals surface area contributed by atoms with Gasteiger partial charge in [-0.15, -0.1) is 0 Å². The lowest BCUT2D eigenvalue weighted by atomic mass is 9.69. The van der Waals surface area contributed by atoms with Crippen molar-refractivity contribution in [1.82, 2.24) is 4.72 Å². The van der Waals surface area contributed by atoms with E-state index in [1.165, 1.54) is 6.07 Å². The Balaban J connectivity index is 1.88. The zero-order valence-corrected chi connectivity index (χ0v) is 25.9. The van der Waals surface area contributed by atoms with Crippen LogP contribution in [0.25, 0.3) is 11.1 Å². The van der Waals surface area contributed by atoms with Crippen LogP contribution < -0.4 is 19.9 Å². The maximum absolute atomic E-state index is 12.5. The van der Waals surface area contributed by atoms with Gasteiger partial charge in [-0.25, -0.2) is 17.9 Å². The molecule has 1 unspecified atom stereocenters. The Morgan fingerprint density at radius 3 is 2.16 bits per heavy atom. The third kappa shape index (κ3) is 9.20. The number of sulfonamides is 1. The number of nitrogens with two attached hydrogens (primary N) is 1. The van der Waals surface area contributed by atoms with Crippen molar-refractivity contribution in [3.8, 4) is 22.6 Å². The van der Waals surface area contributed by atoms with Gasteiger partial charge >= 0.3 is 6.09 Å². The number of carbonyl (C=O) groups excluding carboxylic acids is 2. The van der Waals surface area contributed by atoms with Crippen LogP contribution in [-0.2, 0) is 20.4 Å². The van der Waals surface area contributed by atoms with Crippen LogP contribution in [0.2, 0.25) is 0 Å². The number of ether oxygens (including phenoxy) is 3. The van der Waals surface area contributed by atoms with Crippen LogP contribution in [0.5, 0.6) is 11.5 Å². The van der Waals surface area contributed by atoms with Crippen molar-refractivity contribution in [3.63, 3.8) is 0 Å². The molecule has 2 amide bonds. The number of nitrogens with one attached hydrogen (secondary N) is 1. The largest absolute Gasteiger partial charge is 0.493 e. The van der Waals surface area contributed by atoms with Gasteiger partial charge in [0.25, 0.3) is 5.91 Å². The molecule has 0 aliphatic carbocycles. The summed E-state index contributed by atoms with van der Waals surface area (Å²) in [7, 11) is -3.75. The molecule has 0 radical (unpaired) electrons. The Bertz CT molecular complexity index is 1500. The number of amides is 2. The molecule has 3 aromatic rings. The van der Waals surface area contributed by atoms with Crippen molar-refractivity contribution in [3.05, 3.63) is 83.9 Å². The molecule has 43 heavy (non-hydrogen) atoms. The summed E-state index contributed by atoms with van der Waals surface area (Å²) < 4.78 is 42.2. The van der Waals surface area contributed by atoms with Crippen LogP contribution in [0, 0.1) is 5.41 Å². The topological polar surface area (TPSA) is 154 Å². The van der Waals surface area contributed by atoms with Gasteiger partial charge in [-0.3, -0.25) is 4.79 Å². The molecule has 232 valence electrons. The number of carbonyl (C=O) groups is 2. The first-order valence-corrected chi connectivity index (χ1v) is 15.8. The van der Waals surface area contributed by atoms with Crippen LogP contribution in [0.3, 0.4) is 0 Å². The standard InChI is InChI=1S/C32H40N2O8S/c1-6-18-40-28-19-23(14-17-27(28)29(35)34-43(5,38)39)22-12-15-25(16-13-22)42-26(21-41-30(33)36)20-32(37,31(2,3)4)24-10-8-7-9-11-24/h7-17,19,26,37H,6,18,20-21H2,1-5H3,(H2,33,36)(H,34,35)/t26?,32-/m0/s1. The molecular weight excluding hydrogens is 572 g/mol. The number of rotatable bonds is 13. The third-order valence-electron chi connectivity index (χ3n) is 6.88. The highest BCUT2D eigenvalue weighted by Crippen LogP contribution is 2.43. The maximum atomic E-state index is 12.5. The maximum Gasteiger partial charge on any atom is 0.404 e. The van der Waals surface area contributed by atoms with Crippen LogP contribution in [0.1, 0.15) is 56.5 Å². The molecule has 11 heteroatoms. The number of primary amides is 1. The Hall–Kier alpha value is -4.09. The highest BCUT2D eigenvalue weighted by molar-refractivity contribution is 7.89. The van der Waals surface area contributed by atoms with Gasteiger partial charge in [0.15, 0.2) is 0 Å². The molecule has 0 bridgehead atoms. The van der Waals surface area contributed by atoms with E-state index in [0.29, 0.717) is 24.3 Å². The minimum atomic E-state index is -3.75. The molecule has 2 atom stereocenters. The SMILES string of the molecule is CCCOc1cc(-c2ccc(OC(COC(N)=O)C[C@](O)(c3ccccc3)C(C)(C)C)cc2)ccc1C(=O)NS(C)(=O)=O. The summed E-state index contributed by atoms with van der Waals surface area (Å²) in [5.41, 5.74) is 5.65. The molecular formula is C32H40N2O8S. The van der Waals surface area contributed by atoms with Crippen LogP contribution in [0.4, 0.5) is 4.79 Å². The molecule has 0 spiro atoms. The molecule has 10 nitrogen and oxygen atoms in total. The van der Waals surface area contributed by atoms with E-state index >= 15 is 0 Å². The number of hydrogen-bond acceptors (Lipinski definition) is 8. The second-order valence-corrected chi connectivity index (χ2v) is 13.1. The van der Waals surface area contributed by atoms with Gasteiger partial charge in [-0.1, -0.05) is 76.2 Å². The van der Waals surface area contributed by atoms with E-state index in [1.807, 2.05) is 74.9 Å². The lowest BCUT2D eigenvalue weighted by Gasteiger charge is -2.42. The fourth-order valence-electron chi connectivity index (χ4n) is 4.57. The van der Waals surface area contributed by atoms with Crippen LogP contribution in [0.15, 0.2) is 72.8 Å². The zero-order valence-electron chi connectivity index (χ0n) is 25.1. The first kappa shape index (κ1) is 33.4. The summed E-state index contributed by atoms with van der Waals surface area (Å²) in [6, 6.07) is 21.2. The van der Waals surface area contributed by atoms with E-state index in [1.54, 1.807) is 24.3 Å². The predicted octanol–water partition coefficient (Wildman–Crippen LogP) is 5.00. The lowest BCUT2D eigenvalue weighted by Crippen LogP contribution is -2.45. The molecule has 3 rings (SSSR count). The van der Waals surface area contributed by atoms with E-state index in [2.05, 4.69) is 0 Å². The van der Waals surface area contributed by atoms with Crippen LogP contribution >= 0.6 is 0 Å². The van der Waals surface area contributed by atoms with Crippen molar-refractivity contribution in [2.75, 3.05) is 19.5 Å². The van der Waals surface area contributed by atoms with Gasteiger partial charge in [-0.2, -0.15) is 0 Å². The fraction of sp³-hybridized carbons (Fsp3) is 0.375. The summed E-state index contributed by atoms with van der Waals surface area (Å²) in [6.45, 7) is 7.87. The summed E-state index contributed by atoms with van der Waals surface area (Å²) in [6.07, 6.45) is 0.0384. The molecule has 0 saturated heterocycles. The average molecular weight is 613 g/mol. The molecule has 4 N–H and O–H groups in total. The Labute approximate surface area is 253 Å². The predicted molar refractivity (Wildman–Crippen MR) is 164 cm³/mol. The molecule has 0 heterocycles. The smallest absolute Gasteiger partial charge is 0.404 e. The number of benzene rings is 3. The van der Waals surface area contributed by atoms with Crippen molar-refractivity contribution in [2.24, 2.45) is 11.1 Å². The summed E-state index contributed by atoms with van der Waals surface area (Å²) in [5.74, 6) is -0.0524. The van der Waals surface area contributed by atoms with E-state index in [-0.39, 0.29) is 24.3 Å². The second kappa shape index (κ2) is 13.9. The van der Waals surface area contributed by atoms with E-state index in [0.717, 1.165) is 17.4 Å². The van der Waals surface area contributed by atoms with Crippen LogP contribution in [-0.4, -0.2) is 51.1 Å². The molecule has 3 aromatic carbocycles. The molecule has 0 aromatic heterocycles. The third-order valence-corrected chi connectivity index (χ3v) is 7.44. The van der Waals surface area contributed by atoms with Gasteiger partial charge in [0.05, 0.1) is 24.0 Å². The Morgan fingerprint density at radius 2 is 1.60 bits per heavy atom. The first-order chi connectivity index (χ1) is 20.1. The van der Waals surface area contributed by atoms with Crippen molar-refractivity contribution in [2.45, 2.75) is 52.2 Å². The van der Waals surface area contributed by atoms with E-state index in [9.17, 15) is 23.1 Å². The first-order valence-electron chi connectivity index (χ1n) is 13.9. The Morgan fingerprint density at radius 1 is 0.977 bits per heavy atom. The summed E-state index contributed by atoms with van der Waals surface area (Å²) in [4.78, 5) is 24.0. The number of hydrogen-bond donors (Lipinski definition) is 3. The van der Waals surface area contributed by atoms with Crippen molar-refractivity contribution < 1.29 is 37.3 Å². The summed E-state index contributed by atoms with van der Waals surface area (Å²) >= 11 is 0.